The number of benzene rings is 2. The van der Waals surface area contributed by atoms with Crippen LogP contribution in [0.1, 0.15) is 41.2 Å². The third kappa shape index (κ3) is 9.05. The molecule has 4 N–H and O–H groups in total. The van der Waals surface area contributed by atoms with E-state index in [0.29, 0.717) is 17.1 Å². The molecule has 2 amide bonds. The van der Waals surface area contributed by atoms with Gasteiger partial charge in [0.1, 0.15) is 17.5 Å². The molecule has 0 bridgehead atoms. The number of nitrogens with zero attached hydrogens (tertiary/aromatic N) is 1. The normalized spacial score (nSPS) is 13.1. The van der Waals surface area contributed by atoms with Crippen molar-refractivity contribution in [2.75, 3.05) is 11.8 Å². The predicted molar refractivity (Wildman–Crippen MR) is 146 cm³/mol. The van der Waals surface area contributed by atoms with Crippen molar-refractivity contribution in [1.82, 2.24) is 15.6 Å². The summed E-state index contributed by atoms with van der Waals surface area (Å²) in [6.45, 7) is 2.00. The van der Waals surface area contributed by atoms with E-state index in [4.69, 9.17) is 4.55 Å². The average molecular weight is 559 g/mol. The van der Waals surface area contributed by atoms with E-state index in [9.17, 15) is 18.6 Å². The quantitative estimate of drug-likeness (QED) is 0.143. The number of nitrogens with one attached hydrogen (secondary N) is 3. The first kappa shape index (κ1) is 29.0. The number of amides is 2. The fourth-order valence-electron chi connectivity index (χ4n) is 3.67. The highest BCUT2D eigenvalue weighted by atomic mass is 32.2. The summed E-state index contributed by atoms with van der Waals surface area (Å²) in [4.78, 5) is 42.2. The molecule has 0 aliphatic carbocycles. The van der Waals surface area contributed by atoms with Crippen molar-refractivity contribution >= 4 is 46.1 Å². The lowest BCUT2D eigenvalue weighted by Crippen LogP contribution is -2.49. The lowest BCUT2D eigenvalue weighted by Gasteiger charge is -2.23. The van der Waals surface area contributed by atoms with Gasteiger partial charge in [-0.25, -0.2) is 9.19 Å². The van der Waals surface area contributed by atoms with Crippen molar-refractivity contribution in [2.45, 2.75) is 44.7 Å². The molecule has 3 atom stereocenters. The number of ether oxygens (including phenoxy) is 1. The van der Waals surface area contributed by atoms with Crippen LogP contribution in [0.5, 0.6) is 0 Å². The van der Waals surface area contributed by atoms with Crippen LogP contribution in [0.2, 0.25) is 0 Å². The van der Waals surface area contributed by atoms with E-state index in [1.165, 1.54) is 18.4 Å². The highest BCUT2D eigenvalue weighted by Crippen LogP contribution is 2.24. The molecule has 0 aliphatic heterocycles. The molecule has 0 spiro atoms. The minimum atomic E-state index is -2.18. The number of hydrogen-bond acceptors (Lipinski definition) is 7. The number of carbonyl (C=O) groups excluding carboxylic acids is 3. The zero-order chi connectivity index (χ0) is 27.5. The third-order valence-electron chi connectivity index (χ3n) is 5.61. The van der Waals surface area contributed by atoms with Crippen molar-refractivity contribution in [3.8, 4) is 0 Å². The summed E-state index contributed by atoms with van der Waals surface area (Å²) in [5.41, 5.74) is 3.09. The zero-order valence-corrected chi connectivity index (χ0v) is 22.6. The van der Waals surface area contributed by atoms with Crippen LogP contribution in [0, 0.1) is 0 Å². The molecule has 12 heteroatoms. The highest BCUT2D eigenvalue weighted by Gasteiger charge is 2.27. The molecule has 0 saturated carbocycles. The summed E-state index contributed by atoms with van der Waals surface area (Å²) < 4.78 is 27.0. The topological polar surface area (TPSA) is 147 Å². The van der Waals surface area contributed by atoms with E-state index in [-0.39, 0.29) is 6.42 Å². The first-order chi connectivity index (χ1) is 18.3. The number of carbonyl (C=O) groups is 3. The maximum atomic E-state index is 13.5. The van der Waals surface area contributed by atoms with Crippen molar-refractivity contribution in [3.05, 3.63) is 81.8 Å². The van der Waals surface area contributed by atoms with E-state index in [1.807, 2.05) is 42.6 Å². The second-order valence-electron chi connectivity index (χ2n) is 8.41. The zero-order valence-electron chi connectivity index (χ0n) is 21.0. The first-order valence-corrected chi connectivity index (χ1v) is 13.9. The number of esters is 1. The Bertz CT molecular complexity index is 1250. The molecule has 1 aromatic heterocycles. The number of aromatic nitrogens is 1. The Morgan fingerprint density at radius 3 is 2.32 bits per heavy atom. The SMILES string of the molecule is CCc1csc([C@H](Cc2ccc(NS(=O)O)cc2)NC(=O)[C@H](Cc2ccccc2)NC(=O)CC(=O)OC)n1. The largest absolute Gasteiger partial charge is 0.469 e. The fourth-order valence-corrected chi connectivity index (χ4v) is 4.96. The standard InChI is InChI=1S/C26H30N4O6S2/c1-3-19-16-37-26(27-19)22(14-18-9-11-20(12-10-18)30-38(34)35)29-25(33)21(13-17-7-5-4-6-8-17)28-23(31)15-24(32)36-2/h4-12,16,21-22,30H,3,13-15H2,1-2H3,(H,28,31)(H,29,33)(H,34,35)/t21-,22-/m0/s1. The van der Waals surface area contributed by atoms with Gasteiger partial charge in [0.05, 0.1) is 18.8 Å². The number of rotatable bonds is 13. The predicted octanol–water partition coefficient (Wildman–Crippen LogP) is 2.94. The Labute approximate surface area is 227 Å². The van der Waals surface area contributed by atoms with Gasteiger partial charge in [0.25, 0.3) is 11.3 Å². The summed E-state index contributed by atoms with van der Waals surface area (Å²) in [5, 5.41) is 8.35. The summed E-state index contributed by atoms with van der Waals surface area (Å²) in [7, 11) is 1.19. The van der Waals surface area contributed by atoms with Crippen molar-refractivity contribution in [3.63, 3.8) is 0 Å². The van der Waals surface area contributed by atoms with Gasteiger partial charge in [-0.15, -0.1) is 11.3 Å². The molecule has 202 valence electrons. The smallest absolute Gasteiger partial charge is 0.315 e. The first-order valence-electron chi connectivity index (χ1n) is 11.9. The molecule has 1 unspecified atom stereocenters. The lowest BCUT2D eigenvalue weighted by atomic mass is 10.0. The van der Waals surface area contributed by atoms with Crippen molar-refractivity contribution in [2.24, 2.45) is 0 Å². The van der Waals surface area contributed by atoms with E-state index in [0.717, 1.165) is 23.2 Å². The van der Waals surface area contributed by atoms with Gasteiger partial charge in [-0.1, -0.05) is 49.4 Å². The summed E-state index contributed by atoms with van der Waals surface area (Å²) in [6, 6.07) is 14.8. The highest BCUT2D eigenvalue weighted by molar-refractivity contribution is 7.80. The summed E-state index contributed by atoms with van der Waals surface area (Å²) in [5.74, 6) is -1.73. The lowest BCUT2D eigenvalue weighted by molar-refractivity contribution is -0.144. The molecule has 0 radical (unpaired) electrons. The number of hydrogen-bond donors (Lipinski definition) is 4. The minimum absolute atomic E-state index is 0.225. The van der Waals surface area contributed by atoms with Crippen molar-refractivity contribution in [1.29, 1.82) is 0 Å². The maximum absolute atomic E-state index is 13.5. The molecule has 3 aromatic rings. The van der Waals surface area contributed by atoms with Crippen LogP contribution < -0.4 is 15.4 Å². The Balaban J connectivity index is 1.82. The number of anilines is 1. The number of thiazole rings is 1. The number of methoxy groups -OCH3 is 1. The molecule has 0 fully saturated rings. The van der Waals surface area contributed by atoms with E-state index in [1.54, 1.807) is 24.3 Å². The van der Waals surface area contributed by atoms with Crippen molar-refractivity contribution < 1.29 is 27.9 Å². The van der Waals surface area contributed by atoms with Crippen LogP contribution >= 0.6 is 11.3 Å². The Morgan fingerprint density at radius 2 is 1.71 bits per heavy atom. The van der Waals surface area contributed by atoms with Crippen LogP contribution in [0.4, 0.5) is 5.69 Å². The van der Waals surface area contributed by atoms with Crippen LogP contribution in [0.25, 0.3) is 0 Å². The van der Waals surface area contributed by atoms with E-state index in [2.05, 4.69) is 25.1 Å². The van der Waals surface area contributed by atoms with Gasteiger partial charge >= 0.3 is 5.97 Å². The fraction of sp³-hybridized carbons (Fsp3) is 0.308. The molecule has 10 nitrogen and oxygen atoms in total. The summed E-state index contributed by atoms with van der Waals surface area (Å²) >= 11 is -0.745. The molecular weight excluding hydrogens is 528 g/mol. The maximum Gasteiger partial charge on any atom is 0.315 e. The monoisotopic (exact) mass is 558 g/mol. The second-order valence-corrected chi connectivity index (χ2v) is 10.00. The molecule has 1 heterocycles. The van der Waals surface area contributed by atoms with Gasteiger partial charge < -0.3 is 15.4 Å². The Hall–Kier alpha value is -3.61. The van der Waals surface area contributed by atoms with E-state index >= 15 is 0 Å². The average Bonchev–Trinajstić information content (AvgIpc) is 3.38. The van der Waals surface area contributed by atoms with Crippen LogP contribution in [-0.2, 0) is 49.6 Å². The van der Waals surface area contributed by atoms with Gasteiger partial charge in [0.2, 0.25) is 11.8 Å². The van der Waals surface area contributed by atoms with Gasteiger partial charge in [-0.3, -0.25) is 23.7 Å². The second kappa shape index (κ2) is 14.4. The Morgan fingerprint density at radius 1 is 1.03 bits per heavy atom. The Kier molecular flexibility index (Phi) is 10.9. The van der Waals surface area contributed by atoms with Crippen LogP contribution in [-0.4, -0.2) is 44.7 Å². The van der Waals surface area contributed by atoms with Gasteiger partial charge in [-0.2, -0.15) is 0 Å². The molecule has 0 aliphatic rings. The molecule has 38 heavy (non-hydrogen) atoms. The molecule has 3 rings (SSSR count). The van der Waals surface area contributed by atoms with Gasteiger partial charge in [0, 0.05) is 17.5 Å². The van der Waals surface area contributed by atoms with Crippen LogP contribution in [0.15, 0.2) is 60.0 Å². The summed E-state index contributed by atoms with van der Waals surface area (Å²) in [6.07, 6.45) is 0.877. The molecular formula is C26H30N4O6S2. The third-order valence-corrected chi connectivity index (χ3v) is 7.03. The number of aryl methyl sites for hydroxylation is 1. The molecule has 2 aromatic carbocycles. The molecule has 0 saturated heterocycles. The van der Waals surface area contributed by atoms with Crippen LogP contribution in [0.3, 0.4) is 0 Å². The van der Waals surface area contributed by atoms with Gasteiger partial charge in [0.15, 0.2) is 0 Å². The minimum Gasteiger partial charge on any atom is -0.469 e. The van der Waals surface area contributed by atoms with Gasteiger partial charge in [-0.05, 0) is 36.1 Å². The van der Waals surface area contributed by atoms with E-state index < -0.39 is 47.6 Å².